The van der Waals surface area contributed by atoms with Crippen molar-refractivity contribution < 1.29 is 9.53 Å². The zero-order chi connectivity index (χ0) is 14.8. The van der Waals surface area contributed by atoms with Gasteiger partial charge in [0.25, 0.3) is 0 Å². The molecule has 18 heavy (non-hydrogen) atoms. The number of amides is 2. The molecule has 0 bridgehead atoms. The number of hydrogen-bond acceptors (Lipinski definition) is 2. The van der Waals surface area contributed by atoms with Crippen LogP contribution >= 0.6 is 0 Å². The quantitative estimate of drug-likeness (QED) is 0.586. The fourth-order valence-electron chi connectivity index (χ4n) is 0.607. The van der Waals surface area contributed by atoms with Gasteiger partial charge < -0.3 is 15.8 Å². The van der Waals surface area contributed by atoms with Crippen LogP contribution in [0.2, 0.25) is 0 Å². The molecule has 0 fully saturated rings. The van der Waals surface area contributed by atoms with E-state index in [0.29, 0.717) is 13.2 Å². The summed E-state index contributed by atoms with van der Waals surface area (Å²) in [5.74, 6) is 0. The third kappa shape index (κ3) is 36.6. The SMILES string of the molecule is C=C(C)/C=C\C=C/C.CC.COCCNC(N)=O. The minimum Gasteiger partial charge on any atom is -0.383 e. The highest BCUT2D eigenvalue weighted by Gasteiger charge is 1.86. The maximum atomic E-state index is 9.93. The van der Waals surface area contributed by atoms with Gasteiger partial charge in [-0.05, 0) is 13.8 Å². The van der Waals surface area contributed by atoms with E-state index in [-0.39, 0.29) is 0 Å². The molecule has 3 N–H and O–H groups in total. The van der Waals surface area contributed by atoms with Crippen LogP contribution in [0.4, 0.5) is 4.79 Å². The highest BCUT2D eigenvalue weighted by Crippen LogP contribution is 1.88. The van der Waals surface area contributed by atoms with Gasteiger partial charge in [-0.25, -0.2) is 4.79 Å². The monoisotopic (exact) mass is 256 g/mol. The summed E-state index contributed by atoms with van der Waals surface area (Å²) in [5, 5.41) is 2.36. The van der Waals surface area contributed by atoms with Gasteiger partial charge in [-0.15, -0.1) is 0 Å². The van der Waals surface area contributed by atoms with Crippen LogP contribution in [0.25, 0.3) is 0 Å². The van der Waals surface area contributed by atoms with Crippen molar-refractivity contribution in [3.05, 3.63) is 36.5 Å². The predicted octanol–water partition coefficient (Wildman–Crippen LogP) is 3.02. The lowest BCUT2D eigenvalue weighted by Gasteiger charge is -1.97. The Labute approximate surface area is 112 Å². The molecule has 0 heterocycles. The van der Waals surface area contributed by atoms with Crippen LogP contribution in [0.1, 0.15) is 27.7 Å². The van der Waals surface area contributed by atoms with E-state index in [0.717, 1.165) is 5.57 Å². The molecule has 0 aromatic heterocycles. The van der Waals surface area contributed by atoms with E-state index in [2.05, 4.69) is 16.6 Å². The summed E-state index contributed by atoms with van der Waals surface area (Å²) >= 11 is 0. The Morgan fingerprint density at radius 2 is 1.94 bits per heavy atom. The summed E-state index contributed by atoms with van der Waals surface area (Å²) in [6.45, 7) is 12.6. The van der Waals surface area contributed by atoms with Gasteiger partial charge in [0, 0.05) is 13.7 Å². The molecule has 0 aromatic rings. The van der Waals surface area contributed by atoms with Crippen molar-refractivity contribution in [3.63, 3.8) is 0 Å². The van der Waals surface area contributed by atoms with Crippen molar-refractivity contribution in [3.8, 4) is 0 Å². The van der Waals surface area contributed by atoms with Gasteiger partial charge in [-0.3, -0.25) is 0 Å². The maximum Gasteiger partial charge on any atom is 0.312 e. The van der Waals surface area contributed by atoms with Crippen molar-refractivity contribution >= 4 is 6.03 Å². The number of allylic oxidation sites excluding steroid dienone is 5. The summed E-state index contributed by atoms with van der Waals surface area (Å²) in [4.78, 5) is 9.93. The molecule has 106 valence electrons. The zero-order valence-corrected chi connectivity index (χ0v) is 12.3. The van der Waals surface area contributed by atoms with Gasteiger partial charge in [0.2, 0.25) is 0 Å². The first-order valence-corrected chi connectivity index (χ1v) is 6.01. The molecule has 0 radical (unpaired) electrons. The molecule has 4 heteroatoms. The summed E-state index contributed by atoms with van der Waals surface area (Å²) in [6, 6.07) is -0.512. The molecule has 0 saturated carbocycles. The fraction of sp³-hybridized carbons (Fsp3) is 0.500. The molecule has 4 nitrogen and oxygen atoms in total. The van der Waals surface area contributed by atoms with Crippen molar-refractivity contribution in [1.29, 1.82) is 0 Å². The number of rotatable bonds is 5. The summed E-state index contributed by atoms with van der Waals surface area (Å²) in [5.41, 5.74) is 5.81. The number of methoxy groups -OCH3 is 1. The van der Waals surface area contributed by atoms with E-state index in [1.165, 1.54) is 0 Å². The molecule has 0 aliphatic heterocycles. The van der Waals surface area contributed by atoms with Gasteiger partial charge in [-0.1, -0.05) is 50.3 Å². The second-order valence-electron chi connectivity index (χ2n) is 3.02. The van der Waals surface area contributed by atoms with E-state index in [4.69, 9.17) is 5.73 Å². The summed E-state index contributed by atoms with van der Waals surface area (Å²) in [6.07, 6.45) is 7.91. The molecule has 0 atom stereocenters. The first kappa shape index (κ1) is 21.7. The topological polar surface area (TPSA) is 64.3 Å². The normalized spacial score (nSPS) is 9.17. The molecule has 0 aliphatic rings. The highest BCUT2D eigenvalue weighted by molar-refractivity contribution is 5.71. The zero-order valence-electron chi connectivity index (χ0n) is 12.3. The van der Waals surface area contributed by atoms with E-state index in [1.807, 2.05) is 52.0 Å². The average Bonchev–Trinajstić information content (AvgIpc) is 2.32. The molecule has 0 aromatic carbocycles. The lowest BCUT2D eigenvalue weighted by molar-refractivity contribution is 0.197. The summed E-state index contributed by atoms with van der Waals surface area (Å²) in [7, 11) is 1.56. The Balaban J connectivity index is -0.000000219. The first-order chi connectivity index (χ1) is 8.54. The van der Waals surface area contributed by atoms with Crippen LogP contribution in [-0.2, 0) is 4.74 Å². The van der Waals surface area contributed by atoms with Crippen LogP contribution in [0, 0.1) is 0 Å². The van der Waals surface area contributed by atoms with Gasteiger partial charge in [0.1, 0.15) is 0 Å². The van der Waals surface area contributed by atoms with Gasteiger partial charge in [-0.2, -0.15) is 0 Å². The second-order valence-corrected chi connectivity index (χ2v) is 3.02. The number of ether oxygens (including phenoxy) is 1. The molecular formula is C14H28N2O2. The Morgan fingerprint density at radius 1 is 1.39 bits per heavy atom. The molecular weight excluding hydrogens is 228 g/mol. The number of carbonyl (C=O) groups excluding carboxylic acids is 1. The lowest BCUT2D eigenvalue weighted by atomic mass is 10.3. The Hall–Kier alpha value is -1.55. The van der Waals surface area contributed by atoms with Crippen LogP contribution in [-0.4, -0.2) is 26.3 Å². The van der Waals surface area contributed by atoms with Gasteiger partial charge in [0.15, 0.2) is 0 Å². The Morgan fingerprint density at radius 3 is 2.28 bits per heavy atom. The molecule has 0 rings (SSSR count). The Kier molecular flexibility index (Phi) is 25.1. The van der Waals surface area contributed by atoms with Crippen molar-refractivity contribution in [2.45, 2.75) is 27.7 Å². The van der Waals surface area contributed by atoms with Gasteiger partial charge in [0.05, 0.1) is 6.61 Å². The minimum atomic E-state index is -0.512. The third-order valence-electron chi connectivity index (χ3n) is 1.29. The van der Waals surface area contributed by atoms with Crippen LogP contribution in [0.15, 0.2) is 36.5 Å². The fourth-order valence-corrected chi connectivity index (χ4v) is 0.607. The summed E-state index contributed by atoms with van der Waals surface area (Å²) < 4.78 is 4.62. The van der Waals surface area contributed by atoms with Crippen LogP contribution in [0.5, 0.6) is 0 Å². The molecule has 2 amide bonds. The average molecular weight is 256 g/mol. The van der Waals surface area contributed by atoms with Crippen LogP contribution < -0.4 is 11.1 Å². The van der Waals surface area contributed by atoms with Crippen molar-refractivity contribution in [2.24, 2.45) is 5.73 Å². The number of carbonyl (C=O) groups is 1. The van der Waals surface area contributed by atoms with Crippen molar-refractivity contribution in [2.75, 3.05) is 20.3 Å². The Bertz CT molecular complexity index is 246. The number of hydrogen-bond donors (Lipinski definition) is 2. The van der Waals surface area contributed by atoms with E-state index in [9.17, 15) is 4.79 Å². The number of urea groups is 1. The highest BCUT2D eigenvalue weighted by atomic mass is 16.5. The lowest BCUT2D eigenvalue weighted by Crippen LogP contribution is -2.31. The first-order valence-electron chi connectivity index (χ1n) is 6.01. The molecule has 0 saturated heterocycles. The number of nitrogens with one attached hydrogen (secondary N) is 1. The smallest absolute Gasteiger partial charge is 0.312 e. The molecule has 0 aliphatic carbocycles. The maximum absolute atomic E-state index is 9.93. The van der Waals surface area contributed by atoms with Crippen molar-refractivity contribution in [1.82, 2.24) is 5.32 Å². The largest absolute Gasteiger partial charge is 0.383 e. The molecule has 0 unspecified atom stereocenters. The van der Waals surface area contributed by atoms with E-state index in [1.54, 1.807) is 7.11 Å². The standard InChI is InChI=1S/C8H12.C4H10N2O2.C2H6/c1-4-5-6-7-8(2)3;1-8-3-2-6-4(5)7;1-2/h4-7H,2H2,1,3H3;2-3H2,1H3,(H3,5,6,7);1-2H3/b5-4-,7-6-;;. The molecule has 0 spiro atoms. The number of nitrogens with two attached hydrogens (primary N) is 1. The second kappa shape index (κ2) is 20.8. The van der Waals surface area contributed by atoms with Crippen LogP contribution in [0.3, 0.4) is 0 Å². The minimum absolute atomic E-state index is 0.478. The van der Waals surface area contributed by atoms with E-state index >= 15 is 0 Å². The van der Waals surface area contributed by atoms with E-state index < -0.39 is 6.03 Å². The third-order valence-corrected chi connectivity index (χ3v) is 1.29. The van der Waals surface area contributed by atoms with Gasteiger partial charge >= 0.3 is 6.03 Å². The predicted molar refractivity (Wildman–Crippen MR) is 79.6 cm³/mol. The number of primary amides is 1.